The number of carbonyl (C=O) groups excluding carboxylic acids is 4. The zero-order valence-electron chi connectivity index (χ0n) is 22.6. The van der Waals surface area contributed by atoms with Crippen LogP contribution in [0.4, 0.5) is 0 Å². The minimum Gasteiger partial charge on any atom is -0.507 e. The first kappa shape index (κ1) is 26.0. The maximum atomic E-state index is 13.5. The third-order valence-corrected chi connectivity index (χ3v) is 8.66. The van der Waals surface area contributed by atoms with Gasteiger partial charge in [-0.2, -0.15) is 0 Å². The van der Waals surface area contributed by atoms with Gasteiger partial charge in [-0.15, -0.1) is 0 Å². The van der Waals surface area contributed by atoms with Crippen LogP contribution >= 0.6 is 0 Å². The van der Waals surface area contributed by atoms with Crippen molar-refractivity contribution >= 4 is 23.4 Å². The van der Waals surface area contributed by atoms with Gasteiger partial charge in [0.1, 0.15) is 18.1 Å². The molecule has 1 heterocycles. The molecule has 1 fully saturated rings. The molecule has 204 valence electrons. The molecular formula is C33H31NO6. The molecule has 3 aliphatic carbocycles. The number of Topliss-reactive ketones (excluding diaryl/α,β-unsaturated/α-hetero) is 1. The summed E-state index contributed by atoms with van der Waals surface area (Å²) < 4.78 is 5.89. The van der Waals surface area contributed by atoms with E-state index in [-0.39, 0.29) is 35.6 Å². The van der Waals surface area contributed by atoms with Crippen LogP contribution < -0.4 is 4.74 Å². The standard InChI is InChI=1S/C33H31NO6/c1-3-13-34-32(38)23-12-11-21-24(29(23)33(34)39)16-25-30(27(36)14-18(2)31(25)37)28(21)22-10-9-20(15-26(22)35)40-17-19-7-5-4-6-8-19/h4-11,14-15,23-24,28-29,35H,3,12-13,16-17H2,1-2H3. The largest absolute Gasteiger partial charge is 0.507 e. The molecule has 1 saturated heterocycles. The van der Waals surface area contributed by atoms with Crippen LogP contribution in [-0.2, 0) is 25.8 Å². The SMILES string of the molecule is CCCN1C(=O)C2CC=C3C(c4ccc(OCc5ccccc5)cc4O)C4=C(CC3C2C1=O)C(=O)C(C)=CC4=O. The fourth-order valence-corrected chi connectivity index (χ4v) is 6.84. The van der Waals surface area contributed by atoms with Crippen LogP contribution in [0.1, 0.15) is 50.2 Å². The summed E-state index contributed by atoms with van der Waals surface area (Å²) in [6.07, 6.45) is 4.61. The molecule has 1 aliphatic heterocycles. The van der Waals surface area contributed by atoms with Crippen molar-refractivity contribution in [2.45, 2.75) is 45.6 Å². The fourth-order valence-electron chi connectivity index (χ4n) is 6.84. The van der Waals surface area contributed by atoms with Gasteiger partial charge in [0.25, 0.3) is 0 Å². The molecular weight excluding hydrogens is 506 g/mol. The molecule has 7 heteroatoms. The lowest BCUT2D eigenvalue weighted by atomic mass is 9.59. The molecule has 2 aromatic carbocycles. The number of amides is 2. The van der Waals surface area contributed by atoms with E-state index in [0.29, 0.717) is 54.0 Å². The molecule has 2 amide bonds. The number of hydrogen-bond acceptors (Lipinski definition) is 6. The van der Waals surface area contributed by atoms with Gasteiger partial charge in [-0.05, 0) is 49.8 Å². The molecule has 0 radical (unpaired) electrons. The minimum atomic E-state index is -0.693. The van der Waals surface area contributed by atoms with Crippen LogP contribution in [0.2, 0.25) is 0 Å². The number of carbonyl (C=O) groups is 4. The van der Waals surface area contributed by atoms with Crippen molar-refractivity contribution in [1.29, 1.82) is 0 Å². The van der Waals surface area contributed by atoms with E-state index in [0.717, 1.165) is 11.1 Å². The van der Waals surface area contributed by atoms with Crippen molar-refractivity contribution in [3.63, 3.8) is 0 Å². The highest BCUT2D eigenvalue weighted by Crippen LogP contribution is 2.56. The van der Waals surface area contributed by atoms with Gasteiger partial charge in [0, 0.05) is 40.8 Å². The summed E-state index contributed by atoms with van der Waals surface area (Å²) >= 11 is 0. The summed E-state index contributed by atoms with van der Waals surface area (Å²) in [6, 6.07) is 14.7. The lowest BCUT2D eigenvalue weighted by molar-refractivity contribution is -0.140. The van der Waals surface area contributed by atoms with Gasteiger partial charge in [0.2, 0.25) is 11.8 Å². The van der Waals surface area contributed by atoms with Crippen LogP contribution in [-0.4, -0.2) is 39.9 Å². The average molecular weight is 538 g/mol. The monoisotopic (exact) mass is 537 g/mol. The second kappa shape index (κ2) is 10.0. The van der Waals surface area contributed by atoms with E-state index in [1.54, 1.807) is 19.1 Å². The van der Waals surface area contributed by atoms with Crippen LogP contribution in [0.5, 0.6) is 11.5 Å². The number of rotatable bonds is 6. The first-order valence-corrected chi connectivity index (χ1v) is 13.8. The van der Waals surface area contributed by atoms with Gasteiger partial charge < -0.3 is 9.84 Å². The van der Waals surface area contributed by atoms with Crippen molar-refractivity contribution < 1.29 is 29.0 Å². The molecule has 4 unspecified atom stereocenters. The van der Waals surface area contributed by atoms with Crippen molar-refractivity contribution in [3.8, 4) is 11.5 Å². The number of ketones is 2. The van der Waals surface area contributed by atoms with E-state index in [9.17, 15) is 24.3 Å². The van der Waals surface area contributed by atoms with Crippen LogP contribution in [0.15, 0.2) is 83.0 Å². The Balaban J connectivity index is 1.41. The number of nitrogens with zero attached hydrogens (tertiary/aromatic N) is 1. The molecule has 4 aliphatic rings. The quantitative estimate of drug-likeness (QED) is 0.322. The Morgan fingerprint density at radius 2 is 1.77 bits per heavy atom. The summed E-state index contributed by atoms with van der Waals surface area (Å²) in [5, 5.41) is 11.2. The minimum absolute atomic E-state index is 0.0564. The van der Waals surface area contributed by atoms with Crippen molar-refractivity contribution in [1.82, 2.24) is 4.90 Å². The Labute approximate surface area is 232 Å². The molecule has 0 bridgehead atoms. The van der Waals surface area contributed by atoms with E-state index in [4.69, 9.17) is 4.74 Å². The van der Waals surface area contributed by atoms with Crippen molar-refractivity contribution in [3.05, 3.63) is 94.1 Å². The topological polar surface area (TPSA) is 101 Å². The first-order chi connectivity index (χ1) is 19.3. The number of imide groups is 1. The van der Waals surface area contributed by atoms with Gasteiger partial charge in [-0.3, -0.25) is 24.1 Å². The second-order valence-corrected chi connectivity index (χ2v) is 11.1. The predicted molar refractivity (Wildman–Crippen MR) is 147 cm³/mol. The van der Waals surface area contributed by atoms with Crippen LogP contribution in [0.25, 0.3) is 0 Å². The third kappa shape index (κ3) is 4.12. The van der Waals surface area contributed by atoms with E-state index >= 15 is 0 Å². The number of phenols is 1. The van der Waals surface area contributed by atoms with Crippen LogP contribution in [0.3, 0.4) is 0 Å². The van der Waals surface area contributed by atoms with Gasteiger partial charge in [0.05, 0.1) is 11.8 Å². The van der Waals surface area contributed by atoms with Gasteiger partial charge in [-0.25, -0.2) is 0 Å². The third-order valence-electron chi connectivity index (χ3n) is 8.66. The Morgan fingerprint density at radius 3 is 2.50 bits per heavy atom. The Morgan fingerprint density at radius 1 is 1.00 bits per heavy atom. The Kier molecular flexibility index (Phi) is 6.53. The van der Waals surface area contributed by atoms with Gasteiger partial charge in [-0.1, -0.05) is 55.0 Å². The highest BCUT2D eigenvalue weighted by Gasteiger charge is 2.56. The predicted octanol–water partition coefficient (Wildman–Crippen LogP) is 4.81. The molecule has 0 aromatic heterocycles. The number of hydrogen-bond donors (Lipinski definition) is 1. The van der Waals surface area contributed by atoms with E-state index < -0.39 is 23.7 Å². The normalized spacial score (nSPS) is 25.8. The molecule has 2 aromatic rings. The summed E-state index contributed by atoms with van der Waals surface area (Å²) in [4.78, 5) is 54.8. The number of allylic oxidation sites excluding steroid dienone is 6. The molecule has 4 atom stereocenters. The Hall–Kier alpha value is -4.26. The van der Waals surface area contributed by atoms with Crippen molar-refractivity contribution in [2.24, 2.45) is 17.8 Å². The number of ether oxygens (including phenoxy) is 1. The average Bonchev–Trinajstić information content (AvgIpc) is 3.20. The van der Waals surface area contributed by atoms with Gasteiger partial charge in [0.15, 0.2) is 11.6 Å². The summed E-state index contributed by atoms with van der Waals surface area (Å²) in [5.74, 6) is -2.58. The van der Waals surface area contributed by atoms with Crippen LogP contribution in [0, 0.1) is 17.8 Å². The maximum absolute atomic E-state index is 13.5. The molecule has 40 heavy (non-hydrogen) atoms. The number of phenolic OH excluding ortho intramolecular Hbond substituents is 1. The van der Waals surface area contributed by atoms with E-state index in [1.165, 1.54) is 17.0 Å². The van der Waals surface area contributed by atoms with E-state index in [1.807, 2.05) is 43.3 Å². The maximum Gasteiger partial charge on any atom is 0.233 e. The highest BCUT2D eigenvalue weighted by atomic mass is 16.5. The van der Waals surface area contributed by atoms with E-state index in [2.05, 4.69) is 0 Å². The zero-order valence-corrected chi connectivity index (χ0v) is 22.6. The molecule has 0 spiro atoms. The molecule has 1 N–H and O–H groups in total. The molecule has 0 saturated carbocycles. The smallest absolute Gasteiger partial charge is 0.233 e. The summed E-state index contributed by atoms with van der Waals surface area (Å²) in [5.41, 5.74) is 3.38. The lowest BCUT2D eigenvalue weighted by Gasteiger charge is -2.42. The number of fused-ring (bicyclic) bond motifs is 3. The highest BCUT2D eigenvalue weighted by molar-refractivity contribution is 6.23. The first-order valence-electron chi connectivity index (χ1n) is 13.8. The van der Waals surface area contributed by atoms with Gasteiger partial charge >= 0.3 is 0 Å². The Bertz CT molecular complexity index is 1530. The zero-order chi connectivity index (χ0) is 28.1. The number of likely N-dealkylation sites (tertiary alicyclic amines) is 1. The second-order valence-electron chi connectivity index (χ2n) is 11.1. The number of aromatic hydroxyl groups is 1. The lowest BCUT2D eigenvalue weighted by Crippen LogP contribution is -2.39. The summed E-state index contributed by atoms with van der Waals surface area (Å²) in [7, 11) is 0. The number of benzene rings is 2. The summed E-state index contributed by atoms with van der Waals surface area (Å²) in [6.45, 7) is 4.25. The van der Waals surface area contributed by atoms with Crippen molar-refractivity contribution in [2.75, 3.05) is 6.54 Å². The molecule has 7 nitrogen and oxygen atoms in total. The molecule has 6 rings (SSSR count). The fraction of sp³-hybridized carbons (Fsp3) is 0.333.